The van der Waals surface area contributed by atoms with E-state index in [9.17, 15) is 0 Å². The molecule has 2 rings (SSSR count). The van der Waals surface area contributed by atoms with Crippen molar-refractivity contribution in [3.8, 4) is 11.4 Å². The van der Waals surface area contributed by atoms with Crippen LogP contribution in [0.3, 0.4) is 0 Å². The molecule has 0 radical (unpaired) electrons. The van der Waals surface area contributed by atoms with Gasteiger partial charge in [0.05, 0.1) is 0 Å². The van der Waals surface area contributed by atoms with Crippen LogP contribution in [0.25, 0.3) is 11.4 Å². The lowest BCUT2D eigenvalue weighted by Gasteiger charge is -2.08. The molecule has 0 N–H and O–H groups in total. The van der Waals surface area contributed by atoms with Gasteiger partial charge in [0, 0.05) is 22.9 Å². The minimum absolute atomic E-state index is 0.768. The van der Waals surface area contributed by atoms with E-state index in [-0.39, 0.29) is 0 Å². The van der Waals surface area contributed by atoms with Gasteiger partial charge >= 0.3 is 0 Å². The van der Waals surface area contributed by atoms with Crippen LogP contribution >= 0.6 is 12.6 Å². The molecular formula is C20H28N2S. The van der Waals surface area contributed by atoms with Gasteiger partial charge in [0.25, 0.3) is 0 Å². The number of hydrogen-bond donors (Lipinski definition) is 1. The minimum Gasteiger partial charge on any atom is -0.236 e. The highest BCUT2D eigenvalue weighted by molar-refractivity contribution is 7.80. The van der Waals surface area contributed by atoms with Crippen molar-refractivity contribution in [2.45, 2.75) is 70.1 Å². The molecule has 0 fully saturated rings. The summed E-state index contributed by atoms with van der Waals surface area (Å²) in [5.41, 5.74) is 3.57. The molecule has 0 spiro atoms. The van der Waals surface area contributed by atoms with Crippen LogP contribution in [0.4, 0.5) is 0 Å². The van der Waals surface area contributed by atoms with Gasteiger partial charge in [0.1, 0.15) is 0 Å². The zero-order valence-electron chi connectivity index (χ0n) is 14.4. The van der Waals surface area contributed by atoms with Crippen molar-refractivity contribution >= 4 is 12.6 Å². The molecule has 0 saturated carbocycles. The maximum atomic E-state index is 4.64. The van der Waals surface area contributed by atoms with Crippen LogP contribution in [0.15, 0.2) is 35.5 Å². The summed E-state index contributed by atoms with van der Waals surface area (Å²) in [5, 5.41) is 0. The molecule has 0 aliphatic carbocycles. The molecule has 1 aromatic carbocycles. The average Bonchev–Trinajstić information content (AvgIpc) is 2.56. The Morgan fingerprint density at radius 2 is 1.57 bits per heavy atom. The Kier molecular flexibility index (Phi) is 7.60. The zero-order chi connectivity index (χ0) is 16.5. The molecule has 0 aliphatic heterocycles. The first-order valence-corrected chi connectivity index (χ1v) is 9.32. The first-order chi connectivity index (χ1) is 11.2. The summed E-state index contributed by atoms with van der Waals surface area (Å²) in [4.78, 5) is 9.96. The summed E-state index contributed by atoms with van der Waals surface area (Å²) in [6, 6.07) is 6.47. The number of aryl methyl sites for hydroxylation is 2. The number of thiol groups is 1. The predicted molar refractivity (Wildman–Crippen MR) is 101 cm³/mol. The fourth-order valence-corrected chi connectivity index (χ4v) is 3.11. The molecule has 1 aromatic heterocycles. The van der Waals surface area contributed by atoms with E-state index in [0.717, 1.165) is 35.5 Å². The second kappa shape index (κ2) is 9.71. The zero-order valence-corrected chi connectivity index (χ0v) is 15.3. The minimum atomic E-state index is 0.768. The Balaban J connectivity index is 1.98. The Bertz CT molecular complexity index is 593. The molecule has 0 saturated heterocycles. The standard InChI is InChI=1S/C20H28N2S/c1-3-5-6-7-8-10-16-11-12-18(19(23)13-16)20-21-14-17(9-4-2)15-22-20/h11-15,23H,3-10H2,1-2H3. The topological polar surface area (TPSA) is 25.8 Å². The Hall–Kier alpha value is -1.35. The van der Waals surface area contributed by atoms with Crippen LogP contribution in [-0.2, 0) is 12.8 Å². The molecule has 0 bridgehead atoms. The molecule has 23 heavy (non-hydrogen) atoms. The van der Waals surface area contributed by atoms with Crippen LogP contribution in [-0.4, -0.2) is 9.97 Å². The van der Waals surface area contributed by atoms with E-state index in [1.54, 1.807) is 0 Å². The van der Waals surface area contributed by atoms with Gasteiger partial charge in [0.15, 0.2) is 5.82 Å². The third-order valence-corrected chi connectivity index (χ3v) is 4.49. The summed E-state index contributed by atoms with van der Waals surface area (Å²) in [6.45, 7) is 4.42. The SMILES string of the molecule is CCCCCCCc1ccc(-c2ncc(CCC)cn2)c(S)c1. The molecule has 1 heterocycles. The number of nitrogens with zero attached hydrogens (tertiary/aromatic N) is 2. The second-order valence-electron chi connectivity index (χ2n) is 6.18. The monoisotopic (exact) mass is 328 g/mol. The molecule has 0 aliphatic rings. The third kappa shape index (κ3) is 5.65. The van der Waals surface area contributed by atoms with Crippen molar-refractivity contribution in [3.63, 3.8) is 0 Å². The van der Waals surface area contributed by atoms with E-state index >= 15 is 0 Å². The van der Waals surface area contributed by atoms with Gasteiger partial charge in [-0.05, 0) is 42.5 Å². The fourth-order valence-electron chi connectivity index (χ4n) is 2.77. The van der Waals surface area contributed by atoms with Crippen LogP contribution < -0.4 is 0 Å². The summed E-state index contributed by atoms with van der Waals surface area (Å²) in [5.74, 6) is 0.768. The maximum absolute atomic E-state index is 4.64. The van der Waals surface area contributed by atoms with Crippen molar-refractivity contribution < 1.29 is 0 Å². The Morgan fingerprint density at radius 3 is 2.22 bits per heavy atom. The average molecular weight is 329 g/mol. The highest BCUT2D eigenvalue weighted by Gasteiger charge is 2.07. The van der Waals surface area contributed by atoms with Crippen molar-refractivity contribution in [2.24, 2.45) is 0 Å². The molecule has 0 unspecified atom stereocenters. The third-order valence-electron chi connectivity index (χ3n) is 4.12. The lowest BCUT2D eigenvalue weighted by Crippen LogP contribution is -1.94. The van der Waals surface area contributed by atoms with Crippen LogP contribution in [0.1, 0.15) is 63.5 Å². The number of benzene rings is 1. The highest BCUT2D eigenvalue weighted by atomic mass is 32.1. The van der Waals surface area contributed by atoms with Gasteiger partial charge in [-0.1, -0.05) is 52.0 Å². The normalized spacial score (nSPS) is 10.9. The second-order valence-corrected chi connectivity index (χ2v) is 6.66. The first kappa shape index (κ1) is 18.0. The Morgan fingerprint density at radius 1 is 0.826 bits per heavy atom. The number of unbranched alkanes of at least 4 members (excludes halogenated alkanes) is 4. The molecule has 2 nitrogen and oxygen atoms in total. The van der Waals surface area contributed by atoms with E-state index in [0.29, 0.717) is 0 Å². The molecule has 0 atom stereocenters. The van der Waals surface area contributed by atoms with Crippen molar-refractivity contribution in [3.05, 3.63) is 41.7 Å². The number of hydrogen-bond acceptors (Lipinski definition) is 3. The number of rotatable bonds is 9. The molecule has 0 amide bonds. The molecular weight excluding hydrogens is 300 g/mol. The van der Waals surface area contributed by atoms with E-state index in [1.807, 2.05) is 12.4 Å². The van der Waals surface area contributed by atoms with Gasteiger partial charge in [-0.2, -0.15) is 0 Å². The van der Waals surface area contributed by atoms with Crippen molar-refractivity contribution in [1.82, 2.24) is 9.97 Å². The lowest BCUT2D eigenvalue weighted by molar-refractivity contribution is 0.632. The van der Waals surface area contributed by atoms with Crippen LogP contribution in [0, 0.1) is 0 Å². The predicted octanol–water partition coefficient (Wildman–Crippen LogP) is 5.90. The summed E-state index contributed by atoms with van der Waals surface area (Å²) < 4.78 is 0. The van der Waals surface area contributed by atoms with E-state index < -0.39 is 0 Å². The van der Waals surface area contributed by atoms with Crippen molar-refractivity contribution in [1.29, 1.82) is 0 Å². The van der Waals surface area contributed by atoms with Crippen LogP contribution in [0.2, 0.25) is 0 Å². The van der Waals surface area contributed by atoms with E-state index in [2.05, 4.69) is 54.6 Å². The maximum Gasteiger partial charge on any atom is 0.160 e. The fraction of sp³-hybridized carbons (Fsp3) is 0.500. The van der Waals surface area contributed by atoms with Gasteiger partial charge in [-0.25, -0.2) is 9.97 Å². The van der Waals surface area contributed by atoms with Crippen molar-refractivity contribution in [2.75, 3.05) is 0 Å². The van der Waals surface area contributed by atoms with E-state index in [1.165, 1.54) is 43.2 Å². The summed E-state index contributed by atoms with van der Waals surface area (Å²) in [7, 11) is 0. The van der Waals surface area contributed by atoms with E-state index in [4.69, 9.17) is 0 Å². The van der Waals surface area contributed by atoms with Gasteiger partial charge < -0.3 is 0 Å². The largest absolute Gasteiger partial charge is 0.236 e. The summed E-state index contributed by atoms with van der Waals surface area (Å²) >= 11 is 4.64. The quantitative estimate of drug-likeness (QED) is 0.458. The van der Waals surface area contributed by atoms with Gasteiger partial charge in [0.2, 0.25) is 0 Å². The Labute approximate surface area is 146 Å². The first-order valence-electron chi connectivity index (χ1n) is 8.87. The summed E-state index contributed by atoms with van der Waals surface area (Å²) in [6.07, 6.45) is 13.7. The molecule has 2 aromatic rings. The smallest absolute Gasteiger partial charge is 0.160 e. The van der Waals surface area contributed by atoms with Gasteiger partial charge in [-0.15, -0.1) is 12.6 Å². The molecule has 124 valence electrons. The van der Waals surface area contributed by atoms with Crippen LogP contribution in [0.5, 0.6) is 0 Å². The highest BCUT2D eigenvalue weighted by Crippen LogP contribution is 2.25. The molecule has 3 heteroatoms. The lowest BCUT2D eigenvalue weighted by atomic mass is 10.0. The number of aromatic nitrogens is 2. The van der Waals surface area contributed by atoms with Gasteiger partial charge in [-0.3, -0.25) is 0 Å².